The molecule has 0 saturated heterocycles. The van der Waals surface area contributed by atoms with Crippen molar-refractivity contribution in [2.24, 2.45) is 11.7 Å². The van der Waals surface area contributed by atoms with Crippen molar-refractivity contribution in [3.63, 3.8) is 0 Å². The minimum atomic E-state index is -0.799. The summed E-state index contributed by atoms with van der Waals surface area (Å²) in [6.07, 6.45) is 3.09. The summed E-state index contributed by atoms with van der Waals surface area (Å²) in [5.41, 5.74) is 5.60. The molecule has 12 heavy (non-hydrogen) atoms. The molecule has 72 valence electrons. The van der Waals surface area contributed by atoms with Crippen molar-refractivity contribution in [2.45, 2.75) is 45.6 Å². The third-order valence-corrected chi connectivity index (χ3v) is 2.16. The zero-order valence-electron chi connectivity index (χ0n) is 7.92. The van der Waals surface area contributed by atoms with Gasteiger partial charge in [-0.3, -0.25) is 4.79 Å². The quantitative estimate of drug-likeness (QED) is 0.641. The van der Waals surface area contributed by atoms with Crippen LogP contribution in [0.3, 0.4) is 0 Å². The van der Waals surface area contributed by atoms with Gasteiger partial charge in [0, 0.05) is 6.04 Å². The van der Waals surface area contributed by atoms with E-state index in [1.165, 1.54) is 0 Å². The van der Waals surface area contributed by atoms with Crippen LogP contribution in [-0.2, 0) is 4.79 Å². The number of nitrogens with two attached hydrogens (primary N) is 1. The molecule has 0 aliphatic rings. The Balaban J connectivity index is 3.43. The van der Waals surface area contributed by atoms with Crippen molar-refractivity contribution in [1.29, 1.82) is 0 Å². The van der Waals surface area contributed by atoms with Crippen LogP contribution in [0.15, 0.2) is 0 Å². The molecule has 0 fully saturated rings. The molecular weight excluding hydrogens is 154 g/mol. The summed E-state index contributed by atoms with van der Waals surface area (Å²) < 4.78 is 0. The highest BCUT2D eigenvalue weighted by Gasteiger charge is 2.09. The lowest BCUT2D eigenvalue weighted by Gasteiger charge is -2.11. The van der Waals surface area contributed by atoms with Crippen molar-refractivity contribution in [3.8, 4) is 0 Å². The van der Waals surface area contributed by atoms with Gasteiger partial charge in [0.1, 0.15) is 0 Å². The average molecular weight is 173 g/mol. The van der Waals surface area contributed by atoms with Crippen LogP contribution in [0.4, 0.5) is 0 Å². The molecule has 0 radical (unpaired) electrons. The number of hydrogen-bond donors (Lipinski definition) is 2. The highest BCUT2D eigenvalue weighted by Crippen LogP contribution is 2.11. The Morgan fingerprint density at radius 1 is 1.50 bits per heavy atom. The number of hydrogen-bond acceptors (Lipinski definition) is 2. The van der Waals surface area contributed by atoms with Crippen LogP contribution in [0.5, 0.6) is 0 Å². The van der Waals surface area contributed by atoms with Gasteiger partial charge in [-0.15, -0.1) is 0 Å². The second kappa shape index (κ2) is 6.00. The summed E-state index contributed by atoms with van der Waals surface area (Å²) in [5, 5.41) is 8.43. The molecule has 0 aromatic rings. The molecule has 0 unspecified atom stereocenters. The van der Waals surface area contributed by atoms with Gasteiger partial charge in [-0.05, 0) is 18.8 Å². The molecule has 0 aliphatic heterocycles. The molecule has 0 heterocycles. The third-order valence-electron chi connectivity index (χ3n) is 2.16. The molecule has 3 heteroatoms. The third kappa shape index (κ3) is 6.16. The SMILES string of the molecule is CC[C@H](C)CC[C@H](N)CC(=O)O. The van der Waals surface area contributed by atoms with Crippen molar-refractivity contribution in [3.05, 3.63) is 0 Å². The van der Waals surface area contributed by atoms with Crippen LogP contribution in [0.1, 0.15) is 39.5 Å². The molecule has 0 aliphatic carbocycles. The highest BCUT2D eigenvalue weighted by molar-refractivity contribution is 5.67. The standard InChI is InChI=1S/C9H19NO2/c1-3-7(2)4-5-8(10)6-9(11)12/h7-8H,3-6,10H2,1-2H3,(H,11,12)/t7-,8-/m0/s1. The highest BCUT2D eigenvalue weighted by atomic mass is 16.4. The molecule has 0 amide bonds. The summed E-state index contributed by atoms with van der Waals surface area (Å²) in [4.78, 5) is 10.2. The first-order valence-corrected chi connectivity index (χ1v) is 4.53. The fourth-order valence-corrected chi connectivity index (χ4v) is 1.03. The van der Waals surface area contributed by atoms with E-state index in [0.717, 1.165) is 19.3 Å². The normalized spacial score (nSPS) is 15.6. The fraction of sp³-hybridized carbons (Fsp3) is 0.889. The molecule has 0 aromatic heterocycles. The van der Waals surface area contributed by atoms with E-state index in [1.54, 1.807) is 0 Å². The molecule has 0 rings (SSSR count). The Kier molecular flexibility index (Phi) is 5.72. The maximum absolute atomic E-state index is 10.2. The molecular formula is C9H19NO2. The van der Waals surface area contributed by atoms with Crippen LogP contribution in [0.2, 0.25) is 0 Å². The maximum Gasteiger partial charge on any atom is 0.304 e. The topological polar surface area (TPSA) is 63.3 Å². The fourth-order valence-electron chi connectivity index (χ4n) is 1.03. The van der Waals surface area contributed by atoms with Crippen LogP contribution < -0.4 is 5.73 Å². The van der Waals surface area contributed by atoms with E-state index in [4.69, 9.17) is 10.8 Å². The van der Waals surface area contributed by atoms with Crippen molar-refractivity contribution < 1.29 is 9.90 Å². The summed E-state index contributed by atoms with van der Waals surface area (Å²) in [6, 6.07) is -0.170. The van der Waals surface area contributed by atoms with Crippen LogP contribution in [0.25, 0.3) is 0 Å². The van der Waals surface area contributed by atoms with Crippen molar-refractivity contribution >= 4 is 5.97 Å². The first-order chi connectivity index (χ1) is 5.56. The Morgan fingerprint density at radius 2 is 2.08 bits per heavy atom. The van der Waals surface area contributed by atoms with Gasteiger partial charge in [-0.25, -0.2) is 0 Å². The first kappa shape index (κ1) is 11.4. The molecule has 2 atom stereocenters. The lowest BCUT2D eigenvalue weighted by Crippen LogP contribution is -2.24. The summed E-state index contributed by atoms with van der Waals surface area (Å²) >= 11 is 0. The first-order valence-electron chi connectivity index (χ1n) is 4.53. The summed E-state index contributed by atoms with van der Waals surface area (Å²) in [5.74, 6) is -0.142. The monoisotopic (exact) mass is 173 g/mol. The van der Waals surface area contributed by atoms with Crippen LogP contribution in [-0.4, -0.2) is 17.1 Å². The van der Waals surface area contributed by atoms with E-state index >= 15 is 0 Å². The van der Waals surface area contributed by atoms with Gasteiger partial charge < -0.3 is 10.8 Å². The molecule has 3 nitrogen and oxygen atoms in total. The number of carboxylic acid groups (broad SMARTS) is 1. The average Bonchev–Trinajstić information content (AvgIpc) is 1.99. The van der Waals surface area contributed by atoms with E-state index in [1.807, 2.05) is 0 Å². The Bertz CT molecular complexity index is 136. The Morgan fingerprint density at radius 3 is 2.50 bits per heavy atom. The predicted octanol–water partition coefficient (Wildman–Crippen LogP) is 1.61. The predicted molar refractivity (Wildman–Crippen MR) is 48.9 cm³/mol. The minimum absolute atomic E-state index is 0.0937. The van der Waals surface area contributed by atoms with Crippen molar-refractivity contribution in [1.82, 2.24) is 0 Å². The lowest BCUT2D eigenvalue weighted by molar-refractivity contribution is -0.137. The number of carbonyl (C=O) groups is 1. The molecule has 0 bridgehead atoms. The Hall–Kier alpha value is -0.570. The van der Waals surface area contributed by atoms with Gasteiger partial charge in [0.15, 0.2) is 0 Å². The maximum atomic E-state index is 10.2. The lowest BCUT2D eigenvalue weighted by atomic mass is 9.98. The van der Waals surface area contributed by atoms with Gasteiger partial charge in [0.05, 0.1) is 6.42 Å². The zero-order chi connectivity index (χ0) is 9.56. The molecule has 3 N–H and O–H groups in total. The van der Waals surface area contributed by atoms with E-state index in [2.05, 4.69) is 13.8 Å². The van der Waals surface area contributed by atoms with Gasteiger partial charge in [-0.1, -0.05) is 20.3 Å². The van der Waals surface area contributed by atoms with E-state index < -0.39 is 5.97 Å². The number of aliphatic carboxylic acids is 1. The second-order valence-electron chi connectivity index (χ2n) is 3.45. The number of carboxylic acids is 1. The van der Waals surface area contributed by atoms with E-state index in [-0.39, 0.29) is 12.5 Å². The Labute approximate surface area is 74.0 Å². The van der Waals surface area contributed by atoms with Crippen LogP contribution in [0, 0.1) is 5.92 Å². The van der Waals surface area contributed by atoms with Crippen molar-refractivity contribution in [2.75, 3.05) is 0 Å². The summed E-state index contributed by atoms with van der Waals surface area (Å²) in [6.45, 7) is 4.29. The zero-order valence-corrected chi connectivity index (χ0v) is 7.92. The largest absolute Gasteiger partial charge is 0.481 e. The van der Waals surface area contributed by atoms with Crippen LogP contribution >= 0.6 is 0 Å². The van der Waals surface area contributed by atoms with Gasteiger partial charge in [-0.2, -0.15) is 0 Å². The van der Waals surface area contributed by atoms with Gasteiger partial charge in [0.2, 0.25) is 0 Å². The second-order valence-corrected chi connectivity index (χ2v) is 3.45. The molecule has 0 saturated carbocycles. The minimum Gasteiger partial charge on any atom is -0.481 e. The van der Waals surface area contributed by atoms with E-state index in [0.29, 0.717) is 5.92 Å². The molecule has 0 spiro atoms. The van der Waals surface area contributed by atoms with Gasteiger partial charge >= 0.3 is 5.97 Å². The van der Waals surface area contributed by atoms with E-state index in [9.17, 15) is 4.79 Å². The smallest absolute Gasteiger partial charge is 0.304 e. The molecule has 0 aromatic carbocycles. The van der Waals surface area contributed by atoms with Gasteiger partial charge in [0.25, 0.3) is 0 Å². The number of rotatable bonds is 6. The summed E-state index contributed by atoms with van der Waals surface area (Å²) in [7, 11) is 0.